The van der Waals surface area contributed by atoms with Crippen molar-refractivity contribution in [3.63, 3.8) is 0 Å². The molecule has 0 spiro atoms. The zero-order valence-corrected chi connectivity index (χ0v) is 21.9. The van der Waals surface area contributed by atoms with Gasteiger partial charge in [-0.1, -0.05) is 74.5 Å². The Balaban J connectivity index is 1.81. The molecule has 0 bridgehead atoms. The Kier molecular flexibility index (Phi) is 10.2. The molecule has 5 atom stereocenters. The monoisotopic (exact) mass is 526 g/mol. The van der Waals surface area contributed by atoms with Crippen LogP contribution >= 0.6 is 0 Å². The molecule has 2 aromatic carbocycles. The van der Waals surface area contributed by atoms with Crippen molar-refractivity contribution in [1.82, 2.24) is 5.32 Å². The molecule has 2 amide bonds. The van der Waals surface area contributed by atoms with Crippen molar-refractivity contribution in [1.29, 1.82) is 0 Å². The molecule has 1 fully saturated rings. The Morgan fingerprint density at radius 1 is 1.03 bits per heavy atom. The van der Waals surface area contributed by atoms with Gasteiger partial charge >= 0.3 is 12.1 Å². The molecule has 7 N–H and O–H groups in total. The molecule has 1 aliphatic heterocycles. The lowest BCUT2D eigenvalue weighted by molar-refractivity contribution is -0.160. The summed E-state index contributed by atoms with van der Waals surface area (Å²) in [5, 5.41) is 2.72. The molecule has 0 saturated carbocycles. The first kappa shape index (κ1) is 29.1. The summed E-state index contributed by atoms with van der Waals surface area (Å²) in [6.07, 6.45) is -1.70. The summed E-state index contributed by atoms with van der Waals surface area (Å²) in [6.45, 7) is 3.80. The van der Waals surface area contributed by atoms with Crippen molar-refractivity contribution in [2.45, 2.75) is 51.0 Å². The fourth-order valence-electron chi connectivity index (χ4n) is 4.63. The zero-order valence-electron chi connectivity index (χ0n) is 21.9. The number of nitrogens with one attached hydrogen (secondary N) is 1. The molecule has 3 rings (SSSR count). The van der Waals surface area contributed by atoms with E-state index in [9.17, 15) is 14.4 Å². The van der Waals surface area contributed by atoms with Crippen LogP contribution in [0.25, 0.3) is 0 Å². The van der Waals surface area contributed by atoms with Gasteiger partial charge in [-0.3, -0.25) is 4.79 Å². The van der Waals surface area contributed by atoms with Crippen LogP contribution in [0, 0.1) is 11.3 Å². The van der Waals surface area contributed by atoms with Crippen LogP contribution in [0.1, 0.15) is 50.0 Å². The molecule has 1 saturated heterocycles. The molecule has 0 aromatic heterocycles. The molecule has 0 aliphatic carbocycles. The van der Waals surface area contributed by atoms with E-state index >= 15 is 0 Å². The molecule has 0 radical (unpaired) electrons. The van der Waals surface area contributed by atoms with Gasteiger partial charge in [-0.25, -0.2) is 9.59 Å². The highest BCUT2D eigenvalue weighted by molar-refractivity contribution is 5.89. The topological polar surface area (TPSA) is 169 Å². The lowest BCUT2D eigenvalue weighted by Gasteiger charge is -2.31. The summed E-state index contributed by atoms with van der Waals surface area (Å²) in [7, 11) is 0. The van der Waals surface area contributed by atoms with Crippen molar-refractivity contribution in [2.75, 3.05) is 19.8 Å². The molecule has 1 aliphatic rings. The first-order valence-electron chi connectivity index (χ1n) is 12.7. The maximum absolute atomic E-state index is 13.2. The Bertz CT molecular complexity index is 1070. The fourth-order valence-corrected chi connectivity index (χ4v) is 4.63. The summed E-state index contributed by atoms with van der Waals surface area (Å²) in [5.74, 6) is -1.15. The van der Waals surface area contributed by atoms with Crippen LogP contribution in [0.4, 0.5) is 4.79 Å². The van der Waals surface area contributed by atoms with E-state index < -0.39 is 47.7 Å². The minimum absolute atomic E-state index is 0.000000945. The van der Waals surface area contributed by atoms with Gasteiger partial charge in [0.25, 0.3) is 0 Å². The molecule has 38 heavy (non-hydrogen) atoms. The second kappa shape index (κ2) is 13.4. The third-order valence-corrected chi connectivity index (χ3v) is 6.73. The molecular weight excluding hydrogens is 488 g/mol. The van der Waals surface area contributed by atoms with Crippen molar-refractivity contribution < 1.29 is 28.6 Å². The van der Waals surface area contributed by atoms with Crippen LogP contribution in [0.5, 0.6) is 0 Å². The number of benzene rings is 2. The largest absolute Gasteiger partial charge is 0.458 e. The van der Waals surface area contributed by atoms with Crippen LogP contribution in [-0.4, -0.2) is 49.9 Å². The van der Waals surface area contributed by atoms with Crippen LogP contribution in [0.15, 0.2) is 60.7 Å². The fraction of sp³-hybridized carbons (Fsp3) is 0.464. The average Bonchev–Trinajstić information content (AvgIpc) is 3.18. The first-order valence-corrected chi connectivity index (χ1v) is 12.7. The summed E-state index contributed by atoms with van der Waals surface area (Å²) >= 11 is 0. The third-order valence-electron chi connectivity index (χ3n) is 6.73. The number of carbonyl (C=O) groups excluding carboxylic acids is 3. The quantitative estimate of drug-likeness (QED) is 0.288. The van der Waals surface area contributed by atoms with Crippen LogP contribution in [0.2, 0.25) is 0 Å². The smallest absolute Gasteiger partial charge is 0.404 e. The van der Waals surface area contributed by atoms with E-state index in [4.69, 9.17) is 31.4 Å². The third kappa shape index (κ3) is 8.01. The minimum Gasteiger partial charge on any atom is -0.458 e. The van der Waals surface area contributed by atoms with E-state index in [1.807, 2.05) is 74.5 Å². The Labute approximate surface area is 223 Å². The Morgan fingerprint density at radius 3 is 2.16 bits per heavy atom. The highest BCUT2D eigenvalue weighted by atomic mass is 16.6. The molecule has 5 unspecified atom stereocenters. The van der Waals surface area contributed by atoms with E-state index in [0.717, 1.165) is 11.1 Å². The summed E-state index contributed by atoms with van der Waals surface area (Å²) < 4.78 is 17.3. The maximum Gasteiger partial charge on any atom is 0.404 e. The summed E-state index contributed by atoms with van der Waals surface area (Å²) in [6, 6.07) is 17.6. The predicted molar refractivity (Wildman–Crippen MR) is 141 cm³/mol. The highest BCUT2D eigenvalue weighted by Gasteiger charge is 2.45. The highest BCUT2D eigenvalue weighted by Crippen LogP contribution is 2.32. The zero-order chi connectivity index (χ0) is 27.7. The normalized spacial score (nSPS) is 19.6. The van der Waals surface area contributed by atoms with Gasteiger partial charge in [0, 0.05) is 36.8 Å². The van der Waals surface area contributed by atoms with Crippen LogP contribution in [0.3, 0.4) is 0 Å². The number of hydrogen-bond donors (Lipinski definition) is 4. The molecule has 10 nitrogen and oxygen atoms in total. The number of rotatable bonds is 13. The number of hydrogen-bond acceptors (Lipinski definition) is 8. The van der Waals surface area contributed by atoms with Crippen molar-refractivity contribution in [3.05, 3.63) is 71.8 Å². The van der Waals surface area contributed by atoms with E-state index in [1.165, 1.54) is 0 Å². The number of amides is 2. The average molecular weight is 527 g/mol. The summed E-state index contributed by atoms with van der Waals surface area (Å²) in [4.78, 5) is 36.4. The van der Waals surface area contributed by atoms with Crippen molar-refractivity contribution >= 4 is 18.0 Å². The number of esters is 1. The van der Waals surface area contributed by atoms with Gasteiger partial charge in [0.1, 0.15) is 18.8 Å². The maximum atomic E-state index is 13.2. The molecule has 10 heteroatoms. The first-order chi connectivity index (χ1) is 18.1. The van der Waals surface area contributed by atoms with E-state index in [0.29, 0.717) is 0 Å². The molecule has 1 heterocycles. The van der Waals surface area contributed by atoms with Crippen LogP contribution in [-0.2, 0) is 23.8 Å². The van der Waals surface area contributed by atoms with Gasteiger partial charge in [0.15, 0.2) is 0 Å². The Hall–Kier alpha value is -3.47. The van der Waals surface area contributed by atoms with Gasteiger partial charge in [-0.05, 0) is 11.1 Å². The second-order valence-corrected chi connectivity index (χ2v) is 10.3. The molecule has 206 valence electrons. The Morgan fingerprint density at radius 2 is 1.63 bits per heavy atom. The number of primary amides is 1. The van der Waals surface area contributed by atoms with Gasteiger partial charge in [-0.15, -0.1) is 0 Å². The van der Waals surface area contributed by atoms with Gasteiger partial charge in [0.2, 0.25) is 5.91 Å². The lowest BCUT2D eigenvalue weighted by Crippen LogP contribution is -2.44. The van der Waals surface area contributed by atoms with Crippen LogP contribution < -0.4 is 22.5 Å². The summed E-state index contributed by atoms with van der Waals surface area (Å²) in [5.41, 5.74) is 18.8. The van der Waals surface area contributed by atoms with Gasteiger partial charge in [-0.2, -0.15) is 0 Å². The predicted octanol–water partition coefficient (Wildman–Crippen LogP) is 2.33. The SMILES string of the molecule is CC1(C)CC(=O)NC1C(=O)OC(COC(c1ccccc1)C(CN)COC(N)=O)CC(N)c1ccccc1. The standard InChI is InChI=1S/C28H38N4O6/c1-28(2)14-23(33)32-25(28)26(34)38-21(13-22(30)18-9-5-3-6-10-18)17-36-24(19-11-7-4-8-12-19)20(15-29)16-37-27(31)35/h3-12,20-22,24-25H,13-17,29-30H2,1-2H3,(H2,31,35)(H,32,33). The number of carbonyl (C=O) groups is 3. The number of ether oxygens (including phenoxy) is 3. The van der Waals surface area contributed by atoms with Gasteiger partial charge in [0.05, 0.1) is 12.7 Å². The van der Waals surface area contributed by atoms with Crippen molar-refractivity contribution in [2.24, 2.45) is 28.5 Å². The second-order valence-electron chi connectivity index (χ2n) is 10.3. The lowest BCUT2D eigenvalue weighted by atomic mass is 9.85. The van der Waals surface area contributed by atoms with Gasteiger partial charge < -0.3 is 36.7 Å². The molecule has 2 aromatic rings. The van der Waals surface area contributed by atoms with Crippen molar-refractivity contribution in [3.8, 4) is 0 Å². The van der Waals surface area contributed by atoms with E-state index in [1.54, 1.807) is 0 Å². The van der Waals surface area contributed by atoms with E-state index in [-0.39, 0.29) is 38.5 Å². The van der Waals surface area contributed by atoms with E-state index in [2.05, 4.69) is 5.32 Å². The molecular formula is C28H38N4O6. The number of nitrogens with two attached hydrogens (primary N) is 3. The minimum atomic E-state index is -0.905.